The van der Waals surface area contributed by atoms with Gasteiger partial charge in [0.1, 0.15) is 28.5 Å². The Bertz CT molecular complexity index is 1440. The van der Waals surface area contributed by atoms with Crippen molar-refractivity contribution in [3.8, 4) is 11.4 Å². The van der Waals surface area contributed by atoms with E-state index in [0.29, 0.717) is 24.8 Å². The van der Waals surface area contributed by atoms with Crippen molar-refractivity contribution in [2.45, 2.75) is 32.6 Å². The SMILES string of the molecule is CCN(CC)CCCNc1cc(C(F)(F)F)c(-c2cnc3c(Nc4ccc(C(F)(F)F)cn4)ccnc3n2)nn1. The van der Waals surface area contributed by atoms with Crippen molar-refractivity contribution in [2.75, 3.05) is 36.8 Å². The molecule has 0 aliphatic rings. The number of pyridine rings is 2. The van der Waals surface area contributed by atoms with Gasteiger partial charge in [-0.3, -0.25) is 0 Å². The number of alkyl halides is 6. The second-order valence-electron chi connectivity index (χ2n) is 8.64. The molecule has 9 nitrogen and oxygen atoms in total. The van der Waals surface area contributed by atoms with E-state index in [2.05, 4.69) is 45.7 Å². The van der Waals surface area contributed by atoms with E-state index in [1.807, 2.05) is 13.8 Å². The van der Waals surface area contributed by atoms with Crippen LogP contribution in [0.5, 0.6) is 0 Å². The molecule has 4 heterocycles. The maximum absolute atomic E-state index is 14.0. The van der Waals surface area contributed by atoms with Gasteiger partial charge in [-0.15, -0.1) is 10.2 Å². The summed E-state index contributed by atoms with van der Waals surface area (Å²) in [6, 6.07) is 4.37. The lowest BCUT2D eigenvalue weighted by Crippen LogP contribution is -2.25. The lowest BCUT2D eigenvalue weighted by atomic mass is 10.1. The number of fused-ring (bicyclic) bond motifs is 1. The van der Waals surface area contributed by atoms with Gasteiger partial charge in [0.05, 0.1) is 23.0 Å². The van der Waals surface area contributed by atoms with Crippen molar-refractivity contribution < 1.29 is 26.3 Å². The van der Waals surface area contributed by atoms with Crippen LogP contribution in [0.3, 0.4) is 0 Å². The Morgan fingerprint density at radius 3 is 2.27 bits per heavy atom. The van der Waals surface area contributed by atoms with Gasteiger partial charge in [-0.25, -0.2) is 19.9 Å². The van der Waals surface area contributed by atoms with E-state index in [1.54, 1.807) is 0 Å². The van der Waals surface area contributed by atoms with E-state index in [-0.39, 0.29) is 28.5 Å². The first-order valence-electron chi connectivity index (χ1n) is 12.3. The van der Waals surface area contributed by atoms with Crippen LogP contribution in [0.25, 0.3) is 22.6 Å². The molecule has 0 amide bonds. The van der Waals surface area contributed by atoms with E-state index in [1.165, 1.54) is 12.3 Å². The van der Waals surface area contributed by atoms with Gasteiger partial charge in [0.15, 0.2) is 5.65 Å². The number of nitrogens with one attached hydrogen (secondary N) is 2. The van der Waals surface area contributed by atoms with Gasteiger partial charge in [-0.2, -0.15) is 26.3 Å². The minimum atomic E-state index is -4.75. The molecule has 0 unspecified atom stereocenters. The number of rotatable bonds is 10. The van der Waals surface area contributed by atoms with Crippen molar-refractivity contribution in [2.24, 2.45) is 0 Å². The number of aromatic nitrogens is 6. The zero-order chi connectivity index (χ0) is 28.9. The minimum Gasteiger partial charge on any atom is -0.369 e. The molecule has 4 aromatic rings. The predicted molar refractivity (Wildman–Crippen MR) is 137 cm³/mol. The van der Waals surface area contributed by atoms with Crippen LogP contribution in [-0.2, 0) is 12.4 Å². The van der Waals surface area contributed by atoms with Crippen LogP contribution in [0.1, 0.15) is 31.4 Å². The first-order chi connectivity index (χ1) is 19.0. The third-order valence-electron chi connectivity index (χ3n) is 5.99. The van der Waals surface area contributed by atoms with E-state index < -0.39 is 29.2 Å². The average Bonchev–Trinajstić information content (AvgIpc) is 2.92. The topological polar surface area (TPSA) is 105 Å². The van der Waals surface area contributed by atoms with Gasteiger partial charge in [-0.05, 0) is 50.3 Å². The number of anilines is 3. The lowest BCUT2D eigenvalue weighted by Gasteiger charge is -2.18. The zero-order valence-electron chi connectivity index (χ0n) is 21.5. The zero-order valence-corrected chi connectivity index (χ0v) is 21.5. The molecule has 0 aliphatic carbocycles. The van der Waals surface area contributed by atoms with Gasteiger partial charge in [-0.1, -0.05) is 13.8 Å². The van der Waals surface area contributed by atoms with Gasteiger partial charge in [0.2, 0.25) is 0 Å². The summed E-state index contributed by atoms with van der Waals surface area (Å²) >= 11 is 0. The summed E-state index contributed by atoms with van der Waals surface area (Å²) < 4.78 is 80.3. The summed E-state index contributed by atoms with van der Waals surface area (Å²) in [6.07, 6.45) is -5.46. The monoisotopic (exact) mass is 565 g/mol. The summed E-state index contributed by atoms with van der Waals surface area (Å²) in [5.74, 6) is 0.0785. The molecule has 4 rings (SSSR count). The van der Waals surface area contributed by atoms with Crippen LogP contribution in [0.4, 0.5) is 43.7 Å². The summed E-state index contributed by atoms with van der Waals surface area (Å²) in [5.41, 5.74) is -2.21. The van der Waals surface area contributed by atoms with Crippen molar-refractivity contribution in [3.63, 3.8) is 0 Å². The summed E-state index contributed by atoms with van der Waals surface area (Å²) in [7, 11) is 0. The smallest absolute Gasteiger partial charge is 0.369 e. The van der Waals surface area contributed by atoms with Crippen LogP contribution in [0.2, 0.25) is 0 Å². The molecule has 40 heavy (non-hydrogen) atoms. The van der Waals surface area contributed by atoms with Gasteiger partial charge >= 0.3 is 12.4 Å². The number of nitrogens with zero attached hydrogens (tertiary/aromatic N) is 7. The average molecular weight is 566 g/mol. The Balaban J connectivity index is 1.57. The van der Waals surface area contributed by atoms with Gasteiger partial charge < -0.3 is 15.5 Å². The van der Waals surface area contributed by atoms with Gasteiger partial charge in [0, 0.05) is 18.9 Å². The molecule has 15 heteroatoms. The minimum absolute atomic E-state index is 0.0112. The number of halogens is 6. The van der Waals surface area contributed by atoms with Crippen molar-refractivity contribution in [1.29, 1.82) is 0 Å². The van der Waals surface area contributed by atoms with Crippen LogP contribution in [0.15, 0.2) is 42.9 Å². The predicted octanol–water partition coefficient (Wildman–Crippen LogP) is 5.80. The fourth-order valence-corrected chi connectivity index (χ4v) is 3.85. The number of hydrogen-bond donors (Lipinski definition) is 2. The highest BCUT2D eigenvalue weighted by Crippen LogP contribution is 2.36. The second kappa shape index (κ2) is 11.9. The molecular formula is C25H25F6N9. The molecule has 4 aromatic heterocycles. The molecular weight excluding hydrogens is 540 g/mol. The molecule has 212 valence electrons. The molecule has 0 saturated carbocycles. The van der Waals surface area contributed by atoms with Crippen LogP contribution >= 0.6 is 0 Å². The molecule has 0 spiro atoms. The van der Waals surface area contributed by atoms with Crippen molar-refractivity contribution in [3.05, 3.63) is 54.0 Å². The highest BCUT2D eigenvalue weighted by Gasteiger charge is 2.36. The Hall–Kier alpha value is -4.14. The largest absolute Gasteiger partial charge is 0.418 e. The molecule has 0 radical (unpaired) electrons. The van der Waals surface area contributed by atoms with Crippen LogP contribution in [-0.4, -0.2) is 61.2 Å². The van der Waals surface area contributed by atoms with E-state index >= 15 is 0 Å². The quantitative estimate of drug-likeness (QED) is 0.182. The highest BCUT2D eigenvalue weighted by atomic mass is 19.4. The molecule has 0 saturated heterocycles. The first kappa shape index (κ1) is 28.9. The summed E-state index contributed by atoms with van der Waals surface area (Å²) in [4.78, 5) is 18.4. The Kier molecular flexibility index (Phi) is 8.61. The third kappa shape index (κ3) is 6.89. The fourth-order valence-electron chi connectivity index (χ4n) is 3.85. The maximum atomic E-state index is 14.0. The molecule has 2 N–H and O–H groups in total. The molecule has 0 atom stereocenters. The standard InChI is InChI=1S/C25H25F6N9/c1-3-40(4-2)11-5-9-32-20-12-16(25(29,30)31)21(39-38-20)18-14-35-22-17(8-10-33-23(22)37-18)36-19-7-6-15(13-34-19)24(26,27)28/h6-8,10,12-14H,3-5,9,11H2,1-2H3,(H,32,38)(H,33,34,36,37). The second-order valence-corrected chi connectivity index (χ2v) is 8.64. The van der Waals surface area contributed by atoms with Crippen molar-refractivity contribution >= 4 is 28.5 Å². The maximum Gasteiger partial charge on any atom is 0.418 e. The Labute approximate surface area is 225 Å². The fraction of sp³-hybridized carbons (Fsp3) is 0.360. The summed E-state index contributed by atoms with van der Waals surface area (Å²) in [5, 5.41) is 13.4. The lowest BCUT2D eigenvalue weighted by molar-refractivity contribution is -0.138. The summed E-state index contributed by atoms with van der Waals surface area (Å²) in [6.45, 7) is 7.06. The van der Waals surface area contributed by atoms with Gasteiger partial charge in [0.25, 0.3) is 0 Å². The van der Waals surface area contributed by atoms with Crippen LogP contribution in [0, 0.1) is 0 Å². The molecule has 0 bridgehead atoms. The molecule has 0 fully saturated rings. The molecule has 0 aromatic carbocycles. The van der Waals surface area contributed by atoms with E-state index in [0.717, 1.165) is 44.0 Å². The molecule has 0 aliphatic heterocycles. The van der Waals surface area contributed by atoms with E-state index in [9.17, 15) is 26.3 Å². The van der Waals surface area contributed by atoms with E-state index in [4.69, 9.17) is 0 Å². The normalized spacial score (nSPS) is 12.2. The first-order valence-corrected chi connectivity index (χ1v) is 12.3. The van der Waals surface area contributed by atoms with Crippen molar-refractivity contribution in [1.82, 2.24) is 35.0 Å². The Morgan fingerprint density at radius 1 is 0.850 bits per heavy atom. The Morgan fingerprint density at radius 2 is 1.62 bits per heavy atom. The van der Waals surface area contributed by atoms with Crippen LogP contribution < -0.4 is 10.6 Å². The highest BCUT2D eigenvalue weighted by molar-refractivity contribution is 5.87. The number of hydrogen-bond acceptors (Lipinski definition) is 9. The third-order valence-corrected chi connectivity index (χ3v) is 5.99.